The van der Waals surface area contributed by atoms with E-state index in [9.17, 15) is 0 Å². The van der Waals surface area contributed by atoms with E-state index in [4.69, 9.17) is 11.6 Å². The van der Waals surface area contributed by atoms with Crippen molar-refractivity contribution in [1.82, 2.24) is 9.97 Å². The van der Waals surface area contributed by atoms with E-state index in [1.807, 2.05) is 12.1 Å². The zero-order chi connectivity index (χ0) is 8.55. The van der Waals surface area contributed by atoms with Gasteiger partial charge in [-0.25, -0.2) is 4.98 Å². The van der Waals surface area contributed by atoms with E-state index in [1.165, 1.54) is 0 Å². The first-order chi connectivity index (χ1) is 5.79. The van der Waals surface area contributed by atoms with Crippen LogP contribution in [0.2, 0.25) is 5.02 Å². The van der Waals surface area contributed by atoms with Crippen LogP contribution >= 0.6 is 27.7 Å². The van der Waals surface area contributed by atoms with Crippen molar-refractivity contribution >= 4 is 44.7 Å². The fourth-order valence-corrected chi connectivity index (χ4v) is 1.38. The molecule has 3 nitrogen and oxygen atoms in total. The molecule has 5 heteroatoms. The number of anilines is 1. The van der Waals surface area contributed by atoms with Gasteiger partial charge in [0.1, 0.15) is 0 Å². The molecule has 0 amide bonds. The summed E-state index contributed by atoms with van der Waals surface area (Å²) in [6.07, 6.45) is 0. The molecule has 0 radical (unpaired) electrons. The van der Waals surface area contributed by atoms with Crippen LogP contribution < -0.4 is 4.34 Å². The maximum Gasteiger partial charge on any atom is 0.211 e. The predicted octanol–water partition coefficient (Wildman–Crippen LogP) is 2.94. The highest BCUT2D eigenvalue weighted by Gasteiger charge is 2.00. The average molecular weight is 246 g/mol. The van der Waals surface area contributed by atoms with E-state index in [0.29, 0.717) is 11.0 Å². The summed E-state index contributed by atoms with van der Waals surface area (Å²) in [5.41, 5.74) is 1.81. The highest BCUT2D eigenvalue weighted by molar-refractivity contribution is 9.10. The molecule has 0 spiro atoms. The molecule has 0 fully saturated rings. The summed E-state index contributed by atoms with van der Waals surface area (Å²) in [6, 6.07) is 5.51. The molecule has 0 aliphatic carbocycles. The Balaban J connectivity index is 2.67. The van der Waals surface area contributed by atoms with Gasteiger partial charge in [0.2, 0.25) is 5.95 Å². The molecule has 0 atom stereocenters. The molecule has 0 aliphatic rings. The molecule has 0 saturated heterocycles. The van der Waals surface area contributed by atoms with E-state index >= 15 is 0 Å². The maximum absolute atomic E-state index is 5.79. The second-order valence-corrected chi connectivity index (χ2v) is 3.17. The standard InChI is InChI=1S/C7H5BrClN3/c8-12-7-10-5-2-1-4(9)3-6(5)11-7/h1-3H,(H2,10,11,12). The minimum absolute atomic E-state index is 0.673. The van der Waals surface area contributed by atoms with E-state index in [0.717, 1.165) is 11.0 Å². The zero-order valence-corrected chi connectivity index (χ0v) is 8.28. The number of hydrogen-bond donors (Lipinski definition) is 2. The van der Waals surface area contributed by atoms with Crippen molar-refractivity contribution in [2.24, 2.45) is 0 Å². The zero-order valence-electron chi connectivity index (χ0n) is 5.94. The van der Waals surface area contributed by atoms with Crippen LogP contribution in [0.15, 0.2) is 18.2 Å². The number of aromatic amines is 1. The van der Waals surface area contributed by atoms with Crippen molar-refractivity contribution in [3.05, 3.63) is 23.2 Å². The second-order valence-electron chi connectivity index (χ2n) is 2.34. The van der Waals surface area contributed by atoms with Gasteiger partial charge in [0.15, 0.2) is 0 Å². The van der Waals surface area contributed by atoms with Gasteiger partial charge in [-0.2, -0.15) is 0 Å². The average Bonchev–Trinajstić information content (AvgIpc) is 2.46. The van der Waals surface area contributed by atoms with E-state index in [-0.39, 0.29) is 0 Å². The molecule has 62 valence electrons. The second kappa shape index (κ2) is 2.95. The summed E-state index contributed by atoms with van der Waals surface area (Å²) in [5, 5.41) is 0.690. The number of rotatable bonds is 1. The molecule has 2 aromatic rings. The Morgan fingerprint density at radius 2 is 2.33 bits per heavy atom. The van der Waals surface area contributed by atoms with E-state index < -0.39 is 0 Å². The Kier molecular flexibility index (Phi) is 1.94. The van der Waals surface area contributed by atoms with Gasteiger partial charge < -0.3 is 4.98 Å². The summed E-state index contributed by atoms with van der Waals surface area (Å²) >= 11 is 8.86. The lowest BCUT2D eigenvalue weighted by Gasteiger charge is -1.86. The minimum Gasteiger partial charge on any atom is -0.323 e. The van der Waals surface area contributed by atoms with Gasteiger partial charge in [-0.05, 0) is 18.2 Å². The number of aromatic nitrogens is 2. The third-order valence-corrected chi connectivity index (χ3v) is 2.15. The fourth-order valence-electron chi connectivity index (χ4n) is 1.02. The normalized spacial score (nSPS) is 10.5. The first-order valence-electron chi connectivity index (χ1n) is 3.31. The van der Waals surface area contributed by atoms with Crippen molar-refractivity contribution in [2.45, 2.75) is 0 Å². The Morgan fingerprint density at radius 3 is 3.08 bits per heavy atom. The molecule has 0 saturated carbocycles. The maximum atomic E-state index is 5.79. The molecule has 12 heavy (non-hydrogen) atoms. The smallest absolute Gasteiger partial charge is 0.211 e. The van der Waals surface area contributed by atoms with Crippen molar-refractivity contribution in [3.8, 4) is 0 Å². The van der Waals surface area contributed by atoms with Gasteiger partial charge in [0.25, 0.3) is 0 Å². The van der Waals surface area contributed by atoms with Crippen molar-refractivity contribution < 1.29 is 0 Å². The Labute approximate surface area is 82.5 Å². The van der Waals surface area contributed by atoms with Crippen LogP contribution in [-0.4, -0.2) is 9.97 Å². The lowest BCUT2D eigenvalue weighted by molar-refractivity contribution is 1.36. The number of H-pyrrole nitrogens is 1. The number of imidazole rings is 1. The number of benzene rings is 1. The first-order valence-corrected chi connectivity index (χ1v) is 4.48. The van der Waals surface area contributed by atoms with Crippen LogP contribution in [0.25, 0.3) is 11.0 Å². The molecule has 0 unspecified atom stereocenters. The van der Waals surface area contributed by atoms with E-state index in [1.54, 1.807) is 6.07 Å². The topological polar surface area (TPSA) is 40.7 Å². The van der Waals surface area contributed by atoms with Crippen molar-refractivity contribution in [2.75, 3.05) is 4.34 Å². The first kappa shape index (κ1) is 7.89. The van der Waals surface area contributed by atoms with Gasteiger partial charge >= 0.3 is 0 Å². The molecule has 0 aliphatic heterocycles. The van der Waals surface area contributed by atoms with Crippen molar-refractivity contribution in [1.29, 1.82) is 0 Å². The van der Waals surface area contributed by atoms with Crippen LogP contribution in [-0.2, 0) is 0 Å². The molecular weight excluding hydrogens is 241 g/mol. The highest BCUT2D eigenvalue weighted by Crippen LogP contribution is 2.19. The molecule has 0 bridgehead atoms. The summed E-state index contributed by atoms with van der Waals surface area (Å²) in [5.74, 6) is 0.673. The highest BCUT2D eigenvalue weighted by atomic mass is 79.9. The third-order valence-electron chi connectivity index (χ3n) is 1.53. The Hall–Kier alpha value is -0.740. The molecule has 2 rings (SSSR count). The van der Waals surface area contributed by atoms with Gasteiger partial charge in [-0.15, -0.1) is 0 Å². The SMILES string of the molecule is Clc1ccc2[nH]c(NBr)nc2c1. The molecule has 1 aromatic heterocycles. The lowest BCUT2D eigenvalue weighted by atomic mass is 10.3. The molecule has 1 heterocycles. The summed E-state index contributed by atoms with van der Waals surface area (Å²) in [6.45, 7) is 0. The lowest BCUT2D eigenvalue weighted by Crippen LogP contribution is -1.78. The Morgan fingerprint density at radius 1 is 1.50 bits per heavy atom. The number of nitrogens with zero attached hydrogens (tertiary/aromatic N) is 1. The Bertz CT molecular complexity index is 412. The largest absolute Gasteiger partial charge is 0.323 e. The van der Waals surface area contributed by atoms with Crippen LogP contribution in [0.3, 0.4) is 0 Å². The van der Waals surface area contributed by atoms with Crippen molar-refractivity contribution in [3.63, 3.8) is 0 Å². The molecular formula is C7H5BrClN3. The summed E-state index contributed by atoms with van der Waals surface area (Å²) in [4.78, 5) is 7.24. The number of fused-ring (bicyclic) bond motifs is 1. The van der Waals surface area contributed by atoms with E-state index in [2.05, 4.69) is 30.5 Å². The van der Waals surface area contributed by atoms with Gasteiger partial charge in [0, 0.05) is 21.2 Å². The van der Waals surface area contributed by atoms with Gasteiger partial charge in [-0.3, -0.25) is 4.34 Å². The number of nitrogens with one attached hydrogen (secondary N) is 2. The summed E-state index contributed by atoms with van der Waals surface area (Å²) < 4.78 is 2.74. The molecule has 2 N–H and O–H groups in total. The monoisotopic (exact) mass is 245 g/mol. The van der Waals surface area contributed by atoms with Crippen LogP contribution in [0.1, 0.15) is 0 Å². The van der Waals surface area contributed by atoms with Crippen LogP contribution in [0.5, 0.6) is 0 Å². The predicted molar refractivity (Wildman–Crippen MR) is 53.7 cm³/mol. The minimum atomic E-state index is 0.673. The number of halogens is 2. The van der Waals surface area contributed by atoms with Gasteiger partial charge in [-0.1, -0.05) is 11.6 Å². The molecule has 1 aromatic carbocycles. The number of hydrogen-bond acceptors (Lipinski definition) is 2. The quantitative estimate of drug-likeness (QED) is 0.760. The van der Waals surface area contributed by atoms with Crippen LogP contribution in [0, 0.1) is 0 Å². The fraction of sp³-hybridized carbons (Fsp3) is 0. The third kappa shape index (κ3) is 1.28. The van der Waals surface area contributed by atoms with Crippen LogP contribution in [0.4, 0.5) is 5.95 Å². The van der Waals surface area contributed by atoms with Gasteiger partial charge in [0.05, 0.1) is 11.0 Å². The summed E-state index contributed by atoms with van der Waals surface area (Å²) in [7, 11) is 0.